The summed E-state index contributed by atoms with van der Waals surface area (Å²) in [6, 6.07) is 9.45. The second kappa shape index (κ2) is 7.26. The summed E-state index contributed by atoms with van der Waals surface area (Å²) >= 11 is 0. The Morgan fingerprint density at radius 2 is 1.73 bits per heavy atom. The first-order valence-electron chi connectivity index (χ1n) is 10.7. The molecule has 33 heavy (non-hydrogen) atoms. The zero-order valence-electron chi connectivity index (χ0n) is 18.2. The highest BCUT2D eigenvalue weighted by molar-refractivity contribution is 6.35. The summed E-state index contributed by atoms with van der Waals surface area (Å²) in [5, 5.41) is 4.88. The molecular weight excluding hydrogens is 424 g/mol. The van der Waals surface area contributed by atoms with Gasteiger partial charge in [0.05, 0.1) is 23.4 Å². The van der Waals surface area contributed by atoms with Crippen LogP contribution in [0, 0.1) is 13.8 Å². The molecule has 168 valence electrons. The Hall–Kier alpha value is -4.01. The van der Waals surface area contributed by atoms with E-state index in [1.165, 1.54) is 23.1 Å². The molecule has 0 aromatic heterocycles. The van der Waals surface area contributed by atoms with Gasteiger partial charge in [0.25, 0.3) is 23.6 Å². The lowest BCUT2D eigenvalue weighted by molar-refractivity contribution is -0.125. The van der Waals surface area contributed by atoms with Crippen LogP contribution in [0.4, 0.5) is 10.5 Å². The van der Waals surface area contributed by atoms with E-state index in [2.05, 4.69) is 10.6 Å². The predicted molar refractivity (Wildman–Crippen MR) is 118 cm³/mol. The van der Waals surface area contributed by atoms with Crippen LogP contribution in [0.15, 0.2) is 36.4 Å². The minimum Gasteiger partial charge on any atom is -0.336 e. The molecule has 9 nitrogen and oxygen atoms in total. The highest BCUT2D eigenvalue weighted by Gasteiger charge is 2.49. The van der Waals surface area contributed by atoms with E-state index in [0.717, 1.165) is 16.0 Å². The molecule has 2 fully saturated rings. The summed E-state index contributed by atoms with van der Waals surface area (Å²) < 4.78 is 0. The van der Waals surface area contributed by atoms with Gasteiger partial charge in [-0.1, -0.05) is 12.1 Å². The molecule has 1 spiro atoms. The molecule has 0 radical (unpaired) electrons. The SMILES string of the molecule is Cc1ccc(C)c(N2C(=O)c3ccc(C(=O)N4CCCC5(C4)NC(=O)NC5=O)cc3C2=O)c1. The maximum atomic E-state index is 13.2. The summed E-state index contributed by atoms with van der Waals surface area (Å²) in [7, 11) is 0. The number of hydrogen-bond donors (Lipinski definition) is 2. The molecule has 2 saturated heterocycles. The fraction of sp³-hybridized carbons (Fsp3) is 0.292. The topological polar surface area (TPSA) is 116 Å². The molecule has 9 heteroatoms. The summed E-state index contributed by atoms with van der Waals surface area (Å²) in [5.41, 5.74) is 1.77. The molecule has 5 rings (SSSR count). The number of carbonyl (C=O) groups excluding carboxylic acids is 5. The lowest BCUT2D eigenvalue weighted by Gasteiger charge is -2.38. The highest BCUT2D eigenvalue weighted by atomic mass is 16.2. The van der Waals surface area contributed by atoms with Gasteiger partial charge >= 0.3 is 6.03 Å². The number of aryl methyl sites for hydroxylation is 2. The van der Waals surface area contributed by atoms with Gasteiger partial charge in [0.15, 0.2) is 0 Å². The third-order valence-corrected chi connectivity index (χ3v) is 6.53. The zero-order valence-corrected chi connectivity index (χ0v) is 18.2. The molecule has 3 aliphatic rings. The number of likely N-dealkylation sites (tertiary alicyclic amines) is 1. The molecule has 0 saturated carbocycles. The van der Waals surface area contributed by atoms with E-state index >= 15 is 0 Å². The molecule has 0 aliphatic carbocycles. The van der Waals surface area contributed by atoms with E-state index in [-0.39, 0.29) is 29.1 Å². The average molecular weight is 446 g/mol. The Labute approximate surface area is 189 Å². The van der Waals surface area contributed by atoms with Gasteiger partial charge in [-0.3, -0.25) is 24.5 Å². The molecule has 2 N–H and O–H groups in total. The van der Waals surface area contributed by atoms with E-state index in [1.54, 1.807) is 6.07 Å². The molecule has 3 heterocycles. The minimum absolute atomic E-state index is 0.0436. The van der Waals surface area contributed by atoms with Crippen molar-refractivity contribution >= 4 is 35.3 Å². The number of nitrogens with zero attached hydrogens (tertiary/aromatic N) is 2. The van der Waals surface area contributed by atoms with E-state index in [0.29, 0.717) is 25.1 Å². The van der Waals surface area contributed by atoms with Gasteiger partial charge < -0.3 is 10.2 Å². The summed E-state index contributed by atoms with van der Waals surface area (Å²) in [6.45, 7) is 4.18. The van der Waals surface area contributed by atoms with Crippen LogP contribution in [-0.4, -0.2) is 53.2 Å². The zero-order chi connectivity index (χ0) is 23.5. The first-order valence-corrected chi connectivity index (χ1v) is 10.7. The van der Waals surface area contributed by atoms with E-state index < -0.39 is 29.3 Å². The van der Waals surface area contributed by atoms with Crippen LogP contribution in [0.25, 0.3) is 0 Å². The number of piperidine rings is 1. The molecule has 2 aromatic carbocycles. The van der Waals surface area contributed by atoms with Crippen molar-refractivity contribution in [3.05, 3.63) is 64.2 Å². The fourth-order valence-corrected chi connectivity index (χ4v) is 4.78. The van der Waals surface area contributed by atoms with Gasteiger partial charge in [-0.25, -0.2) is 9.69 Å². The smallest absolute Gasteiger partial charge is 0.322 e. The number of benzene rings is 2. The normalized spacial score (nSPS) is 22.0. The van der Waals surface area contributed by atoms with Crippen LogP contribution in [0.3, 0.4) is 0 Å². The van der Waals surface area contributed by atoms with Crippen molar-refractivity contribution in [2.45, 2.75) is 32.2 Å². The molecule has 0 bridgehead atoms. The van der Waals surface area contributed by atoms with Crippen molar-refractivity contribution in [2.75, 3.05) is 18.0 Å². The maximum Gasteiger partial charge on any atom is 0.322 e. The molecule has 6 amide bonds. The van der Waals surface area contributed by atoms with Crippen LogP contribution in [-0.2, 0) is 4.79 Å². The summed E-state index contributed by atoms with van der Waals surface area (Å²) in [4.78, 5) is 66.0. The molecular formula is C24H22N4O5. The lowest BCUT2D eigenvalue weighted by atomic mass is 9.88. The van der Waals surface area contributed by atoms with Crippen LogP contribution in [0.2, 0.25) is 0 Å². The van der Waals surface area contributed by atoms with Crippen LogP contribution < -0.4 is 15.5 Å². The predicted octanol–water partition coefficient (Wildman–Crippen LogP) is 1.92. The number of fused-ring (bicyclic) bond motifs is 1. The van der Waals surface area contributed by atoms with E-state index in [9.17, 15) is 24.0 Å². The number of anilines is 1. The van der Waals surface area contributed by atoms with E-state index in [1.807, 2.05) is 26.0 Å². The third kappa shape index (κ3) is 3.19. The second-order valence-electron chi connectivity index (χ2n) is 8.82. The number of nitrogens with one attached hydrogen (secondary N) is 2. The van der Waals surface area contributed by atoms with Crippen LogP contribution >= 0.6 is 0 Å². The standard InChI is InChI=1S/C24H22N4O5/c1-13-4-5-14(2)18(10-13)28-20(30)16-7-6-15(11-17(16)21(28)31)19(29)27-9-3-8-24(12-27)22(32)25-23(33)26-24/h4-7,10-11H,3,8-9,12H2,1-2H3,(H2,25,26,32,33). The number of hydrogen-bond acceptors (Lipinski definition) is 5. The van der Waals surface area contributed by atoms with Crippen LogP contribution in [0.5, 0.6) is 0 Å². The molecule has 3 aliphatic heterocycles. The van der Waals surface area contributed by atoms with Gasteiger partial charge in [-0.2, -0.15) is 0 Å². The monoisotopic (exact) mass is 446 g/mol. The number of imide groups is 2. The molecule has 2 aromatic rings. The quantitative estimate of drug-likeness (QED) is 0.540. The van der Waals surface area contributed by atoms with Crippen molar-refractivity contribution in [1.29, 1.82) is 0 Å². The lowest BCUT2D eigenvalue weighted by Crippen LogP contribution is -2.59. The van der Waals surface area contributed by atoms with Gasteiger partial charge in [0, 0.05) is 12.1 Å². The Morgan fingerprint density at radius 1 is 0.970 bits per heavy atom. The van der Waals surface area contributed by atoms with Crippen LogP contribution in [0.1, 0.15) is 55.0 Å². The van der Waals surface area contributed by atoms with Gasteiger partial charge in [-0.05, 0) is 62.1 Å². The maximum absolute atomic E-state index is 13.2. The van der Waals surface area contributed by atoms with Crippen molar-refractivity contribution in [2.24, 2.45) is 0 Å². The summed E-state index contributed by atoms with van der Waals surface area (Å²) in [6.07, 6.45) is 0.985. The Kier molecular flexibility index (Phi) is 4.59. The number of urea groups is 1. The third-order valence-electron chi connectivity index (χ3n) is 6.53. The number of rotatable bonds is 2. The fourth-order valence-electron chi connectivity index (χ4n) is 4.78. The van der Waals surface area contributed by atoms with Crippen molar-refractivity contribution in [3.8, 4) is 0 Å². The minimum atomic E-state index is -1.13. The van der Waals surface area contributed by atoms with Crippen molar-refractivity contribution in [1.82, 2.24) is 15.5 Å². The van der Waals surface area contributed by atoms with Gasteiger partial charge in [0.2, 0.25) is 0 Å². The van der Waals surface area contributed by atoms with Crippen molar-refractivity contribution < 1.29 is 24.0 Å². The largest absolute Gasteiger partial charge is 0.336 e. The molecule has 1 atom stereocenters. The molecule has 1 unspecified atom stereocenters. The number of amides is 6. The summed E-state index contributed by atoms with van der Waals surface area (Å²) in [5.74, 6) is -1.71. The van der Waals surface area contributed by atoms with Gasteiger partial charge in [0.1, 0.15) is 5.54 Å². The van der Waals surface area contributed by atoms with E-state index in [4.69, 9.17) is 0 Å². The van der Waals surface area contributed by atoms with Gasteiger partial charge in [-0.15, -0.1) is 0 Å². The first kappa shape index (κ1) is 20.9. The Balaban J connectivity index is 1.44. The van der Waals surface area contributed by atoms with Crippen molar-refractivity contribution in [3.63, 3.8) is 0 Å². The Morgan fingerprint density at radius 3 is 2.45 bits per heavy atom. The second-order valence-corrected chi connectivity index (χ2v) is 8.82. The average Bonchev–Trinajstić information content (AvgIpc) is 3.20. The first-order chi connectivity index (χ1) is 15.7. The number of carbonyl (C=O) groups is 5. The highest BCUT2D eigenvalue weighted by Crippen LogP contribution is 2.32. The Bertz CT molecular complexity index is 1270.